The predicted molar refractivity (Wildman–Crippen MR) is 159 cm³/mol. The molecule has 0 saturated carbocycles. The molecule has 0 spiro atoms. The maximum atomic E-state index is 13.6. The van der Waals surface area contributed by atoms with E-state index in [1.54, 1.807) is 23.2 Å². The zero-order valence-corrected chi connectivity index (χ0v) is 25.3. The van der Waals surface area contributed by atoms with Crippen molar-refractivity contribution in [2.75, 3.05) is 16.0 Å². The summed E-state index contributed by atoms with van der Waals surface area (Å²) in [6.07, 6.45) is 2.57. The molecule has 5 rings (SSSR count). The van der Waals surface area contributed by atoms with Gasteiger partial charge in [0.2, 0.25) is 11.0 Å². The standard InChI is InChI=1S/C28H26BrN7O2S2/c1-15-4-6-16(7-5-15)23-18(12-30)25(31)36(19-10-28(2,3)11-20(37)24(19)23)26-34-35-27(40-26)39-14-22(38)33-21-9-8-17(29)13-32-21/h4-9,13,23H,10-11,14,31H2,1-3H3,(H,32,33,38). The molecule has 1 aromatic carbocycles. The Kier molecular flexibility index (Phi) is 7.81. The van der Waals surface area contributed by atoms with Crippen LogP contribution >= 0.6 is 39.0 Å². The van der Waals surface area contributed by atoms with Crippen LogP contribution in [0.25, 0.3) is 0 Å². The van der Waals surface area contributed by atoms with Crippen molar-refractivity contribution in [1.29, 1.82) is 5.26 Å². The summed E-state index contributed by atoms with van der Waals surface area (Å²) in [5.41, 5.74) is 9.97. The van der Waals surface area contributed by atoms with Crippen LogP contribution in [0.5, 0.6) is 0 Å². The zero-order chi connectivity index (χ0) is 28.6. The molecule has 1 amide bonds. The number of nitrogens with one attached hydrogen (secondary N) is 1. The number of hydrogen-bond donors (Lipinski definition) is 2. The van der Waals surface area contributed by atoms with Crippen molar-refractivity contribution in [3.63, 3.8) is 0 Å². The third kappa shape index (κ3) is 5.68. The molecule has 2 aromatic heterocycles. The summed E-state index contributed by atoms with van der Waals surface area (Å²) in [7, 11) is 0. The van der Waals surface area contributed by atoms with Crippen LogP contribution in [-0.2, 0) is 9.59 Å². The van der Waals surface area contributed by atoms with E-state index in [4.69, 9.17) is 5.73 Å². The molecule has 204 valence electrons. The number of amides is 1. The number of carbonyl (C=O) groups is 2. The first-order valence-electron chi connectivity index (χ1n) is 12.5. The molecular weight excluding hydrogens is 610 g/mol. The van der Waals surface area contributed by atoms with Gasteiger partial charge in [-0.3, -0.25) is 14.5 Å². The number of hydrogen-bond acceptors (Lipinski definition) is 10. The lowest BCUT2D eigenvalue weighted by Crippen LogP contribution is -2.42. The average molecular weight is 637 g/mol. The lowest BCUT2D eigenvalue weighted by molar-refractivity contribution is -0.118. The normalized spacial score (nSPS) is 18.4. The highest BCUT2D eigenvalue weighted by Gasteiger charge is 2.45. The van der Waals surface area contributed by atoms with Crippen LogP contribution in [-0.4, -0.2) is 32.6 Å². The van der Waals surface area contributed by atoms with Crippen molar-refractivity contribution in [3.05, 3.63) is 80.9 Å². The quantitative estimate of drug-likeness (QED) is 0.328. The van der Waals surface area contributed by atoms with E-state index >= 15 is 0 Å². The first-order chi connectivity index (χ1) is 19.1. The van der Waals surface area contributed by atoms with Crippen molar-refractivity contribution < 1.29 is 9.59 Å². The molecule has 3 aromatic rings. The minimum absolute atomic E-state index is 0.000545. The van der Waals surface area contributed by atoms with Gasteiger partial charge in [-0.1, -0.05) is 66.8 Å². The maximum absolute atomic E-state index is 13.6. The fraction of sp³-hybridized carbons (Fsp3) is 0.286. The number of nitriles is 1. The number of nitrogens with zero attached hydrogens (tertiary/aromatic N) is 5. The summed E-state index contributed by atoms with van der Waals surface area (Å²) >= 11 is 5.81. The number of aromatic nitrogens is 3. The van der Waals surface area contributed by atoms with Crippen LogP contribution in [0.4, 0.5) is 10.9 Å². The third-order valence-corrected chi connectivity index (χ3v) is 9.21. The Balaban J connectivity index is 1.46. The van der Waals surface area contributed by atoms with E-state index in [9.17, 15) is 14.9 Å². The second kappa shape index (κ2) is 11.2. The molecule has 0 radical (unpaired) electrons. The fourth-order valence-electron chi connectivity index (χ4n) is 4.93. The minimum Gasteiger partial charge on any atom is -0.384 e. The van der Waals surface area contributed by atoms with Gasteiger partial charge in [-0.05, 0) is 52.4 Å². The van der Waals surface area contributed by atoms with Gasteiger partial charge in [-0.25, -0.2) is 4.98 Å². The van der Waals surface area contributed by atoms with E-state index in [1.807, 2.05) is 45.0 Å². The molecule has 0 saturated heterocycles. The lowest BCUT2D eigenvalue weighted by atomic mass is 9.68. The van der Waals surface area contributed by atoms with Crippen LogP contribution in [0.3, 0.4) is 0 Å². The molecular formula is C28H26BrN7O2S2. The van der Waals surface area contributed by atoms with Crippen molar-refractivity contribution in [2.45, 2.75) is 43.9 Å². The third-order valence-electron chi connectivity index (χ3n) is 6.70. The Labute approximate surface area is 248 Å². The van der Waals surface area contributed by atoms with Crippen LogP contribution in [0.2, 0.25) is 0 Å². The van der Waals surface area contributed by atoms with E-state index in [2.05, 4.69) is 42.5 Å². The molecule has 40 heavy (non-hydrogen) atoms. The second-order valence-corrected chi connectivity index (χ2v) is 13.5. The number of rotatable bonds is 6. The number of anilines is 2. The van der Waals surface area contributed by atoms with Crippen LogP contribution in [0.1, 0.15) is 43.7 Å². The first-order valence-corrected chi connectivity index (χ1v) is 15.1. The number of carbonyl (C=O) groups excluding carboxylic acids is 2. The molecule has 1 aliphatic carbocycles. The van der Waals surface area contributed by atoms with Crippen molar-refractivity contribution in [3.8, 4) is 6.07 Å². The van der Waals surface area contributed by atoms with E-state index in [-0.39, 0.29) is 28.7 Å². The van der Waals surface area contributed by atoms with Crippen LogP contribution in [0.15, 0.2) is 74.1 Å². The molecule has 9 nitrogen and oxygen atoms in total. The van der Waals surface area contributed by atoms with Gasteiger partial charge < -0.3 is 11.1 Å². The number of thioether (sulfide) groups is 1. The smallest absolute Gasteiger partial charge is 0.235 e. The number of allylic oxidation sites excluding steroid dienone is 3. The highest BCUT2D eigenvalue weighted by molar-refractivity contribution is 9.10. The Morgan fingerprint density at radius 1 is 1.25 bits per heavy atom. The Hall–Kier alpha value is -3.53. The number of halogens is 1. The predicted octanol–water partition coefficient (Wildman–Crippen LogP) is 5.68. The highest BCUT2D eigenvalue weighted by atomic mass is 79.9. The van der Waals surface area contributed by atoms with Gasteiger partial charge in [0, 0.05) is 28.4 Å². The van der Waals surface area contributed by atoms with Crippen LogP contribution in [0, 0.1) is 23.7 Å². The molecule has 0 fully saturated rings. The van der Waals surface area contributed by atoms with E-state index in [1.165, 1.54) is 23.1 Å². The Morgan fingerprint density at radius 2 is 2.00 bits per heavy atom. The summed E-state index contributed by atoms with van der Waals surface area (Å²) in [5, 5.41) is 22.1. The van der Waals surface area contributed by atoms with Gasteiger partial charge in [0.05, 0.1) is 23.3 Å². The van der Waals surface area contributed by atoms with Gasteiger partial charge in [0.25, 0.3) is 0 Å². The molecule has 1 unspecified atom stereocenters. The monoisotopic (exact) mass is 635 g/mol. The summed E-state index contributed by atoms with van der Waals surface area (Å²) in [6.45, 7) is 6.09. The van der Waals surface area contributed by atoms with E-state index < -0.39 is 5.92 Å². The summed E-state index contributed by atoms with van der Waals surface area (Å²) in [5.74, 6) is 0.0259. The van der Waals surface area contributed by atoms with E-state index in [0.717, 1.165) is 21.3 Å². The minimum atomic E-state index is -0.543. The summed E-state index contributed by atoms with van der Waals surface area (Å²) in [6, 6.07) is 13.6. The van der Waals surface area contributed by atoms with Gasteiger partial charge >= 0.3 is 0 Å². The molecule has 12 heteroatoms. The van der Waals surface area contributed by atoms with Crippen molar-refractivity contribution in [1.82, 2.24) is 15.2 Å². The Morgan fingerprint density at radius 3 is 2.67 bits per heavy atom. The molecule has 3 heterocycles. The number of aryl methyl sites for hydroxylation is 1. The molecule has 3 N–H and O–H groups in total. The molecule has 2 aliphatic rings. The van der Waals surface area contributed by atoms with Gasteiger partial charge in [0.15, 0.2) is 10.1 Å². The van der Waals surface area contributed by atoms with Gasteiger partial charge in [-0.2, -0.15) is 5.26 Å². The maximum Gasteiger partial charge on any atom is 0.235 e. The number of ketones is 1. The van der Waals surface area contributed by atoms with Crippen molar-refractivity contribution in [2.24, 2.45) is 11.1 Å². The summed E-state index contributed by atoms with van der Waals surface area (Å²) < 4.78 is 1.38. The van der Waals surface area contributed by atoms with Crippen LogP contribution < -0.4 is 16.0 Å². The SMILES string of the molecule is Cc1ccc(C2C(C#N)=C(N)N(c3nnc(SCC(=O)Nc4ccc(Br)cn4)s3)C3=C2C(=O)CC(C)(C)C3)cc1. The number of nitrogens with two attached hydrogens (primary N) is 1. The molecule has 1 atom stereocenters. The largest absolute Gasteiger partial charge is 0.384 e. The van der Waals surface area contributed by atoms with E-state index in [0.29, 0.717) is 39.3 Å². The highest BCUT2D eigenvalue weighted by Crippen LogP contribution is 2.50. The number of benzene rings is 1. The Bertz CT molecular complexity index is 1590. The molecule has 0 bridgehead atoms. The molecule has 1 aliphatic heterocycles. The summed E-state index contributed by atoms with van der Waals surface area (Å²) in [4.78, 5) is 32.0. The number of Topliss-reactive ketones (excluding diaryl/α,β-unsaturated/α-hetero) is 1. The lowest BCUT2D eigenvalue weighted by Gasteiger charge is -2.42. The van der Waals surface area contributed by atoms with Gasteiger partial charge in [-0.15, -0.1) is 10.2 Å². The number of pyridine rings is 1. The average Bonchev–Trinajstić information content (AvgIpc) is 3.36. The zero-order valence-electron chi connectivity index (χ0n) is 22.1. The fourth-order valence-corrected chi connectivity index (χ4v) is 6.84. The van der Waals surface area contributed by atoms with Gasteiger partial charge in [0.1, 0.15) is 11.6 Å². The second-order valence-electron chi connectivity index (χ2n) is 10.4. The first kappa shape index (κ1) is 28.0. The van der Waals surface area contributed by atoms with Crippen molar-refractivity contribution >= 4 is 61.7 Å². The topological polar surface area (TPSA) is 138 Å².